The summed E-state index contributed by atoms with van der Waals surface area (Å²) in [7, 11) is 0. The fourth-order valence-corrected chi connectivity index (χ4v) is 1.70. The maximum atomic E-state index is 11.4. The van der Waals surface area contributed by atoms with Gasteiger partial charge in [-0.15, -0.1) is 5.10 Å². The molecule has 1 N–H and O–H groups in total. The number of nitrogens with one attached hydrogen (secondary N) is 1. The lowest BCUT2D eigenvalue weighted by molar-refractivity contribution is 0.649. The predicted molar refractivity (Wildman–Crippen MR) is 63.3 cm³/mol. The van der Waals surface area contributed by atoms with E-state index in [-0.39, 0.29) is 5.69 Å². The van der Waals surface area contributed by atoms with E-state index in [1.165, 1.54) is 10.9 Å². The van der Waals surface area contributed by atoms with Crippen molar-refractivity contribution in [2.75, 3.05) is 0 Å². The molecule has 0 radical (unpaired) electrons. The van der Waals surface area contributed by atoms with Crippen molar-refractivity contribution in [3.8, 4) is 5.69 Å². The quantitative estimate of drug-likeness (QED) is 0.711. The molecule has 0 saturated carbocycles. The first-order valence-corrected chi connectivity index (χ1v) is 5.38. The van der Waals surface area contributed by atoms with Gasteiger partial charge in [0.1, 0.15) is 6.33 Å². The summed E-state index contributed by atoms with van der Waals surface area (Å²) in [4.78, 5) is 11.4. The highest BCUT2D eigenvalue weighted by Gasteiger charge is 2.01. The zero-order chi connectivity index (χ0) is 12.4. The summed E-state index contributed by atoms with van der Waals surface area (Å²) in [6.07, 6.45) is 4.89. The van der Waals surface area contributed by atoms with Crippen LogP contribution in [0.25, 0.3) is 5.69 Å². The molecule has 3 rings (SSSR count). The van der Waals surface area contributed by atoms with Crippen molar-refractivity contribution in [3.05, 3.63) is 59.0 Å². The van der Waals surface area contributed by atoms with Crippen LogP contribution in [0.5, 0.6) is 0 Å². The molecule has 1 aromatic carbocycles. The standard InChI is InChI=1S/C11H10N6O/c18-11-14-13-8-17(11)10-3-1-9(2-4-10)7-16-6-5-12-15-16/h1-6,8H,7H2,(H,14,18). The van der Waals surface area contributed by atoms with Crippen LogP contribution in [-0.2, 0) is 6.54 Å². The molecule has 0 fully saturated rings. The summed E-state index contributed by atoms with van der Waals surface area (Å²) >= 11 is 0. The molecular formula is C11H10N6O. The van der Waals surface area contributed by atoms with Gasteiger partial charge in [0.25, 0.3) is 0 Å². The lowest BCUT2D eigenvalue weighted by atomic mass is 10.2. The minimum atomic E-state index is -0.251. The van der Waals surface area contributed by atoms with Crippen LogP contribution in [0.4, 0.5) is 0 Å². The molecule has 7 heteroatoms. The Morgan fingerprint density at radius 1 is 1.22 bits per heavy atom. The van der Waals surface area contributed by atoms with Crippen molar-refractivity contribution in [2.24, 2.45) is 0 Å². The summed E-state index contributed by atoms with van der Waals surface area (Å²) in [6.45, 7) is 0.653. The highest BCUT2D eigenvalue weighted by Crippen LogP contribution is 2.08. The van der Waals surface area contributed by atoms with E-state index in [0.717, 1.165) is 11.3 Å². The molecule has 7 nitrogen and oxygen atoms in total. The number of hydrogen-bond donors (Lipinski definition) is 1. The lowest BCUT2D eigenvalue weighted by Gasteiger charge is -2.03. The van der Waals surface area contributed by atoms with Crippen molar-refractivity contribution in [2.45, 2.75) is 6.54 Å². The van der Waals surface area contributed by atoms with Gasteiger partial charge in [0.2, 0.25) is 0 Å². The van der Waals surface area contributed by atoms with E-state index in [4.69, 9.17) is 0 Å². The van der Waals surface area contributed by atoms with E-state index in [1.807, 2.05) is 24.3 Å². The fraction of sp³-hybridized carbons (Fsp3) is 0.0909. The number of aromatic amines is 1. The van der Waals surface area contributed by atoms with Crippen molar-refractivity contribution in [3.63, 3.8) is 0 Å². The first kappa shape index (κ1) is 10.5. The normalized spacial score (nSPS) is 10.7. The minimum absolute atomic E-state index is 0.251. The van der Waals surface area contributed by atoms with Gasteiger partial charge in [0.05, 0.1) is 18.4 Å². The van der Waals surface area contributed by atoms with E-state index in [9.17, 15) is 4.79 Å². The molecule has 18 heavy (non-hydrogen) atoms. The highest BCUT2D eigenvalue weighted by atomic mass is 16.1. The van der Waals surface area contributed by atoms with Crippen LogP contribution in [-0.4, -0.2) is 29.8 Å². The van der Waals surface area contributed by atoms with Crippen LogP contribution in [0.3, 0.4) is 0 Å². The molecular weight excluding hydrogens is 232 g/mol. The van der Waals surface area contributed by atoms with E-state index < -0.39 is 0 Å². The molecule has 0 bridgehead atoms. The average Bonchev–Trinajstić information content (AvgIpc) is 3.02. The fourth-order valence-electron chi connectivity index (χ4n) is 1.70. The van der Waals surface area contributed by atoms with Gasteiger partial charge in [0, 0.05) is 6.20 Å². The van der Waals surface area contributed by atoms with Crippen LogP contribution >= 0.6 is 0 Å². The Bertz CT molecular complexity index is 679. The number of hydrogen-bond acceptors (Lipinski definition) is 4. The second-order valence-corrected chi connectivity index (χ2v) is 3.80. The topological polar surface area (TPSA) is 81.4 Å². The van der Waals surface area contributed by atoms with Crippen LogP contribution in [0.1, 0.15) is 5.56 Å². The van der Waals surface area contributed by atoms with E-state index in [2.05, 4.69) is 20.5 Å². The minimum Gasteiger partial charge on any atom is -0.250 e. The van der Waals surface area contributed by atoms with Crippen molar-refractivity contribution < 1.29 is 0 Å². The highest BCUT2D eigenvalue weighted by molar-refractivity contribution is 5.34. The zero-order valence-corrected chi connectivity index (χ0v) is 9.39. The third-order valence-electron chi connectivity index (χ3n) is 2.58. The Labute approximate surface area is 102 Å². The molecule has 0 atom stereocenters. The Morgan fingerprint density at radius 3 is 2.67 bits per heavy atom. The van der Waals surface area contributed by atoms with Gasteiger partial charge in [-0.1, -0.05) is 17.3 Å². The number of rotatable bonds is 3. The maximum absolute atomic E-state index is 11.4. The first-order valence-electron chi connectivity index (χ1n) is 5.38. The van der Waals surface area contributed by atoms with Crippen LogP contribution in [0.15, 0.2) is 47.8 Å². The van der Waals surface area contributed by atoms with E-state index in [1.54, 1.807) is 17.1 Å². The zero-order valence-electron chi connectivity index (χ0n) is 9.39. The number of nitrogens with zero attached hydrogens (tertiary/aromatic N) is 5. The second kappa shape index (κ2) is 4.28. The van der Waals surface area contributed by atoms with Crippen molar-refractivity contribution >= 4 is 0 Å². The smallest absolute Gasteiger partial charge is 0.250 e. The average molecular weight is 242 g/mol. The molecule has 0 unspecified atom stereocenters. The molecule has 90 valence electrons. The Hall–Kier alpha value is -2.70. The summed E-state index contributed by atoms with van der Waals surface area (Å²) in [5.74, 6) is 0. The summed E-state index contributed by atoms with van der Waals surface area (Å²) < 4.78 is 3.18. The Kier molecular flexibility index (Phi) is 2.49. The third kappa shape index (κ3) is 1.93. The Morgan fingerprint density at radius 2 is 2.06 bits per heavy atom. The van der Waals surface area contributed by atoms with Gasteiger partial charge in [-0.2, -0.15) is 5.10 Å². The molecule has 0 aliphatic carbocycles. The number of H-pyrrole nitrogens is 1. The number of aromatic nitrogens is 6. The molecule has 0 saturated heterocycles. The summed E-state index contributed by atoms with van der Waals surface area (Å²) in [6, 6.07) is 7.61. The van der Waals surface area contributed by atoms with Crippen LogP contribution < -0.4 is 5.69 Å². The van der Waals surface area contributed by atoms with Gasteiger partial charge >= 0.3 is 5.69 Å². The number of benzene rings is 1. The van der Waals surface area contributed by atoms with Crippen LogP contribution in [0, 0.1) is 0 Å². The van der Waals surface area contributed by atoms with Crippen LogP contribution in [0.2, 0.25) is 0 Å². The van der Waals surface area contributed by atoms with E-state index >= 15 is 0 Å². The van der Waals surface area contributed by atoms with Gasteiger partial charge in [-0.05, 0) is 17.7 Å². The molecule has 2 heterocycles. The van der Waals surface area contributed by atoms with Gasteiger partial charge in [0.15, 0.2) is 0 Å². The molecule has 0 aliphatic heterocycles. The summed E-state index contributed by atoms with van der Waals surface area (Å²) in [5.41, 5.74) is 1.61. The maximum Gasteiger partial charge on any atom is 0.347 e. The van der Waals surface area contributed by atoms with Crippen molar-refractivity contribution in [1.29, 1.82) is 0 Å². The first-order chi connectivity index (χ1) is 8.83. The molecule has 2 aromatic heterocycles. The monoisotopic (exact) mass is 242 g/mol. The predicted octanol–water partition coefficient (Wildman–Crippen LogP) is 0.200. The van der Waals surface area contributed by atoms with Gasteiger partial charge in [-0.25, -0.2) is 19.1 Å². The van der Waals surface area contributed by atoms with Gasteiger partial charge in [-0.3, -0.25) is 0 Å². The SMILES string of the molecule is O=c1[nH]ncn1-c1ccc(Cn2ccnn2)cc1. The molecule has 0 spiro atoms. The lowest BCUT2D eigenvalue weighted by Crippen LogP contribution is -2.14. The summed E-state index contributed by atoms with van der Waals surface area (Å²) in [5, 5.41) is 13.7. The largest absolute Gasteiger partial charge is 0.347 e. The Balaban J connectivity index is 1.85. The third-order valence-corrected chi connectivity index (χ3v) is 2.58. The molecule has 3 aromatic rings. The van der Waals surface area contributed by atoms with Crippen molar-refractivity contribution in [1.82, 2.24) is 29.8 Å². The van der Waals surface area contributed by atoms with E-state index in [0.29, 0.717) is 6.54 Å². The second-order valence-electron chi connectivity index (χ2n) is 3.80. The molecule has 0 amide bonds. The molecule has 0 aliphatic rings. The van der Waals surface area contributed by atoms with Gasteiger partial charge < -0.3 is 0 Å².